The highest BCUT2D eigenvalue weighted by Crippen LogP contribution is 2.33. The molecule has 0 unspecified atom stereocenters. The van der Waals surface area contributed by atoms with Crippen molar-refractivity contribution in [2.45, 2.75) is 66.1 Å². The van der Waals surface area contributed by atoms with Crippen molar-refractivity contribution in [1.29, 1.82) is 0 Å². The molecule has 4 nitrogen and oxygen atoms in total. The zero-order chi connectivity index (χ0) is 24.8. The highest BCUT2D eigenvalue weighted by Gasteiger charge is 2.24. The van der Waals surface area contributed by atoms with E-state index in [1.54, 1.807) is 12.1 Å². The predicted molar refractivity (Wildman–Crippen MR) is 143 cm³/mol. The minimum atomic E-state index is -0.118. The number of unbranched alkanes of at least 4 members (excludes halogenated alkanes) is 1. The molecule has 0 spiro atoms. The lowest BCUT2D eigenvalue weighted by molar-refractivity contribution is 0.119. The largest absolute Gasteiger partial charge is 0.325 e. The summed E-state index contributed by atoms with van der Waals surface area (Å²) in [4.78, 5) is 9.74. The molecule has 6 heteroatoms. The Morgan fingerprint density at radius 2 is 1.43 bits per heavy atom. The van der Waals surface area contributed by atoms with Gasteiger partial charge in [-0.3, -0.25) is 9.80 Å². The first-order valence-corrected chi connectivity index (χ1v) is 13.5. The Kier molecular flexibility index (Phi) is 8.99. The summed E-state index contributed by atoms with van der Waals surface area (Å²) < 4.78 is 16.5. The van der Waals surface area contributed by atoms with Crippen molar-refractivity contribution in [2.24, 2.45) is 0 Å². The quantitative estimate of drug-likeness (QED) is 0.316. The van der Waals surface area contributed by atoms with Crippen LogP contribution in [0.2, 0.25) is 5.15 Å². The van der Waals surface area contributed by atoms with E-state index in [2.05, 4.69) is 53.3 Å². The van der Waals surface area contributed by atoms with Crippen LogP contribution in [0, 0.1) is 5.82 Å². The summed E-state index contributed by atoms with van der Waals surface area (Å²) in [6.07, 6.45) is 4.17. The Balaban J connectivity index is 1.54. The molecule has 2 aromatic carbocycles. The molecule has 0 radical (unpaired) electrons. The van der Waals surface area contributed by atoms with Gasteiger partial charge in [-0.2, -0.15) is 0 Å². The molecule has 0 aliphatic carbocycles. The summed E-state index contributed by atoms with van der Waals surface area (Å²) in [5.41, 5.74) is 5.81. The number of piperazine rings is 1. The molecule has 0 N–H and O–H groups in total. The van der Waals surface area contributed by atoms with Gasteiger partial charge in [-0.15, -0.1) is 0 Å². The summed E-state index contributed by atoms with van der Waals surface area (Å²) in [6.45, 7) is 12.7. The SMILES string of the molecule is CCCCn1c(-c2c(CC)cccc2CC)nc(Cl)c1CN1CCN(Cc2ccccc2F)CC1. The summed E-state index contributed by atoms with van der Waals surface area (Å²) in [5.74, 6) is 0.902. The molecule has 1 fully saturated rings. The van der Waals surface area contributed by atoms with Crippen molar-refractivity contribution in [1.82, 2.24) is 19.4 Å². The Morgan fingerprint density at radius 3 is 2.03 bits per heavy atom. The van der Waals surface area contributed by atoms with Gasteiger partial charge in [0.25, 0.3) is 0 Å². The second-order valence-electron chi connectivity index (χ2n) is 9.48. The second-order valence-corrected chi connectivity index (χ2v) is 9.84. The molecule has 0 saturated carbocycles. The van der Waals surface area contributed by atoms with E-state index in [1.165, 1.54) is 16.7 Å². The molecule has 1 aliphatic rings. The zero-order valence-electron chi connectivity index (χ0n) is 21.4. The van der Waals surface area contributed by atoms with E-state index >= 15 is 0 Å². The first kappa shape index (κ1) is 25.9. The fourth-order valence-electron chi connectivity index (χ4n) is 5.07. The van der Waals surface area contributed by atoms with Crippen molar-refractivity contribution in [3.05, 3.63) is 75.8 Å². The van der Waals surface area contributed by atoms with Crippen LogP contribution in [-0.4, -0.2) is 45.5 Å². The first-order chi connectivity index (χ1) is 17.0. The molecule has 0 amide bonds. The molecule has 2 heterocycles. The standard InChI is InChI=1S/C29H38ClFN4/c1-4-7-15-35-26(28(30)32-29(35)27-22(5-2)12-10-13-23(27)6-3)21-34-18-16-33(17-19-34)20-24-11-8-9-14-25(24)31/h8-14H,4-7,15-21H2,1-3H3. The van der Waals surface area contributed by atoms with Gasteiger partial charge >= 0.3 is 0 Å². The Hall–Kier alpha value is -2.21. The van der Waals surface area contributed by atoms with Gasteiger partial charge in [0.15, 0.2) is 5.15 Å². The number of aromatic nitrogens is 2. The van der Waals surface area contributed by atoms with Crippen LogP contribution in [0.25, 0.3) is 11.4 Å². The van der Waals surface area contributed by atoms with Gasteiger partial charge in [0.1, 0.15) is 11.6 Å². The normalized spacial score (nSPS) is 15.1. The lowest BCUT2D eigenvalue weighted by Gasteiger charge is -2.35. The topological polar surface area (TPSA) is 24.3 Å². The van der Waals surface area contributed by atoms with E-state index in [0.717, 1.165) is 82.0 Å². The van der Waals surface area contributed by atoms with E-state index in [9.17, 15) is 4.39 Å². The molecule has 4 rings (SSSR count). The molecule has 35 heavy (non-hydrogen) atoms. The maximum atomic E-state index is 14.1. The number of hydrogen-bond donors (Lipinski definition) is 0. The van der Waals surface area contributed by atoms with Crippen molar-refractivity contribution in [3.63, 3.8) is 0 Å². The highest BCUT2D eigenvalue weighted by atomic mass is 35.5. The lowest BCUT2D eigenvalue weighted by atomic mass is 9.97. The van der Waals surface area contributed by atoms with Crippen molar-refractivity contribution in [3.8, 4) is 11.4 Å². The van der Waals surface area contributed by atoms with Crippen LogP contribution in [0.5, 0.6) is 0 Å². The average Bonchev–Trinajstić information content (AvgIpc) is 3.18. The van der Waals surface area contributed by atoms with Crippen LogP contribution < -0.4 is 0 Å². The highest BCUT2D eigenvalue weighted by molar-refractivity contribution is 6.30. The van der Waals surface area contributed by atoms with E-state index in [0.29, 0.717) is 11.7 Å². The van der Waals surface area contributed by atoms with Crippen LogP contribution in [0.15, 0.2) is 42.5 Å². The van der Waals surface area contributed by atoms with E-state index < -0.39 is 0 Å². The fraction of sp³-hybridized carbons (Fsp3) is 0.483. The van der Waals surface area contributed by atoms with Crippen molar-refractivity contribution in [2.75, 3.05) is 26.2 Å². The molecule has 1 aliphatic heterocycles. The summed E-state index contributed by atoms with van der Waals surface area (Å²) >= 11 is 6.83. The molecule has 1 saturated heterocycles. The Morgan fingerprint density at radius 1 is 0.829 bits per heavy atom. The van der Waals surface area contributed by atoms with Gasteiger partial charge in [-0.1, -0.05) is 75.2 Å². The van der Waals surface area contributed by atoms with Gasteiger partial charge < -0.3 is 4.57 Å². The molecular formula is C29H38ClFN4. The first-order valence-electron chi connectivity index (χ1n) is 13.1. The lowest BCUT2D eigenvalue weighted by Crippen LogP contribution is -2.45. The van der Waals surface area contributed by atoms with E-state index in [-0.39, 0.29) is 5.82 Å². The number of benzene rings is 2. The molecule has 0 atom stereocenters. The molecule has 0 bridgehead atoms. The third kappa shape index (κ3) is 5.96. The van der Waals surface area contributed by atoms with Gasteiger partial charge in [0.2, 0.25) is 0 Å². The van der Waals surface area contributed by atoms with Gasteiger partial charge in [-0.25, -0.2) is 9.37 Å². The maximum Gasteiger partial charge on any atom is 0.152 e. The van der Waals surface area contributed by atoms with Crippen LogP contribution in [0.4, 0.5) is 4.39 Å². The minimum Gasteiger partial charge on any atom is -0.325 e. The van der Waals surface area contributed by atoms with Crippen LogP contribution in [-0.2, 0) is 32.5 Å². The third-order valence-corrected chi connectivity index (χ3v) is 7.47. The predicted octanol–water partition coefficient (Wildman–Crippen LogP) is 6.59. The third-order valence-electron chi connectivity index (χ3n) is 7.17. The monoisotopic (exact) mass is 496 g/mol. The summed E-state index contributed by atoms with van der Waals surface area (Å²) in [5, 5.41) is 0.623. The Bertz CT molecular complexity index is 1100. The van der Waals surface area contributed by atoms with Crippen LogP contribution >= 0.6 is 11.6 Å². The van der Waals surface area contributed by atoms with Crippen LogP contribution in [0.3, 0.4) is 0 Å². The van der Waals surface area contributed by atoms with Crippen molar-refractivity contribution >= 4 is 11.6 Å². The average molecular weight is 497 g/mol. The Labute approximate surface area is 214 Å². The van der Waals surface area contributed by atoms with Gasteiger partial charge in [0.05, 0.1) is 5.69 Å². The minimum absolute atomic E-state index is 0.118. The summed E-state index contributed by atoms with van der Waals surface area (Å²) in [7, 11) is 0. The molecule has 3 aromatic rings. The number of halogens is 2. The van der Waals surface area contributed by atoms with Gasteiger partial charge in [0, 0.05) is 56.9 Å². The molecule has 188 valence electrons. The molecule has 1 aromatic heterocycles. The fourth-order valence-corrected chi connectivity index (χ4v) is 5.31. The number of nitrogens with zero attached hydrogens (tertiary/aromatic N) is 4. The zero-order valence-corrected chi connectivity index (χ0v) is 22.1. The maximum absolute atomic E-state index is 14.1. The van der Waals surface area contributed by atoms with Crippen LogP contribution in [0.1, 0.15) is 56.0 Å². The van der Waals surface area contributed by atoms with Crippen molar-refractivity contribution < 1.29 is 4.39 Å². The summed E-state index contributed by atoms with van der Waals surface area (Å²) in [6, 6.07) is 13.7. The number of imidazole rings is 1. The second kappa shape index (κ2) is 12.2. The van der Waals surface area contributed by atoms with E-state index in [1.807, 2.05) is 12.1 Å². The number of hydrogen-bond acceptors (Lipinski definition) is 3. The van der Waals surface area contributed by atoms with Gasteiger partial charge in [-0.05, 0) is 36.5 Å². The smallest absolute Gasteiger partial charge is 0.152 e. The number of aryl methyl sites for hydroxylation is 2. The number of rotatable bonds is 10. The molecular weight excluding hydrogens is 459 g/mol. The van der Waals surface area contributed by atoms with E-state index in [4.69, 9.17) is 16.6 Å².